The van der Waals surface area contributed by atoms with Crippen molar-refractivity contribution < 1.29 is 27.8 Å². The minimum atomic E-state index is -3.14. The summed E-state index contributed by atoms with van der Waals surface area (Å²) in [6, 6.07) is 1.30. The second-order valence-corrected chi connectivity index (χ2v) is 6.67. The molecule has 2 N–H and O–H groups in total. The average molecular weight is 359 g/mol. The zero-order valence-corrected chi connectivity index (χ0v) is 14.9. The minimum absolute atomic E-state index is 0.0425. The summed E-state index contributed by atoms with van der Waals surface area (Å²) in [4.78, 5) is 28.5. The zero-order chi connectivity index (χ0) is 19.4. The normalized spacial score (nSPS) is 11.8. The Morgan fingerprint density at radius 3 is 2.36 bits per heavy atom. The number of amides is 1. The van der Waals surface area contributed by atoms with Crippen LogP contribution in [0.4, 0.5) is 19.3 Å². The van der Waals surface area contributed by atoms with E-state index in [-0.39, 0.29) is 23.5 Å². The van der Waals surface area contributed by atoms with Crippen LogP contribution < -0.4 is 5.73 Å². The van der Waals surface area contributed by atoms with Crippen molar-refractivity contribution in [3.8, 4) is 0 Å². The quantitative estimate of drug-likeness (QED) is 0.813. The van der Waals surface area contributed by atoms with Gasteiger partial charge < -0.3 is 15.2 Å². The van der Waals surface area contributed by atoms with Crippen molar-refractivity contribution in [1.29, 1.82) is 0 Å². The largest absolute Gasteiger partial charge is 0.464 e. The average Bonchev–Trinajstić information content (AvgIpc) is 2.44. The monoisotopic (exact) mass is 359 g/mol. The van der Waals surface area contributed by atoms with E-state index in [4.69, 9.17) is 10.5 Å². The number of hydrogen-bond donors (Lipinski definition) is 1. The standard InChI is InChI=1S/C16H23F2N3O4/c1-15(2,3)25-14(23)21(9-16(4,17)18)8-10-6-12(13(22)24-5)20-7-11(10)19/h6-7H,8-9,19H2,1-5H3. The first-order valence-electron chi connectivity index (χ1n) is 7.51. The number of anilines is 1. The van der Waals surface area contributed by atoms with Gasteiger partial charge in [-0.25, -0.2) is 23.4 Å². The Labute approximate surface area is 145 Å². The fourth-order valence-corrected chi connectivity index (χ4v) is 1.91. The fourth-order valence-electron chi connectivity index (χ4n) is 1.91. The van der Waals surface area contributed by atoms with Crippen molar-refractivity contribution in [1.82, 2.24) is 9.88 Å². The Balaban J connectivity index is 3.12. The van der Waals surface area contributed by atoms with Crippen LogP contribution in [0.25, 0.3) is 0 Å². The van der Waals surface area contributed by atoms with Crippen LogP contribution in [0.3, 0.4) is 0 Å². The van der Waals surface area contributed by atoms with Crippen molar-refractivity contribution in [2.45, 2.75) is 45.8 Å². The Hall–Kier alpha value is -2.45. The number of rotatable bonds is 5. The summed E-state index contributed by atoms with van der Waals surface area (Å²) in [5.41, 5.74) is 5.34. The van der Waals surface area contributed by atoms with Gasteiger partial charge >= 0.3 is 12.1 Å². The van der Waals surface area contributed by atoms with E-state index in [0.29, 0.717) is 6.92 Å². The van der Waals surface area contributed by atoms with Gasteiger partial charge in [-0.15, -0.1) is 0 Å². The second kappa shape index (κ2) is 7.62. The van der Waals surface area contributed by atoms with E-state index in [1.165, 1.54) is 19.4 Å². The lowest BCUT2D eigenvalue weighted by molar-refractivity contribution is -0.0319. The molecular formula is C16H23F2N3O4. The number of hydrogen-bond acceptors (Lipinski definition) is 6. The van der Waals surface area contributed by atoms with Crippen LogP contribution in [0.15, 0.2) is 12.3 Å². The third-order valence-electron chi connectivity index (χ3n) is 2.90. The van der Waals surface area contributed by atoms with Crippen LogP contribution in [0.1, 0.15) is 43.7 Å². The summed E-state index contributed by atoms with van der Waals surface area (Å²) in [5, 5.41) is 0. The maximum Gasteiger partial charge on any atom is 0.410 e. The highest BCUT2D eigenvalue weighted by Crippen LogP contribution is 2.21. The molecule has 25 heavy (non-hydrogen) atoms. The van der Waals surface area contributed by atoms with Crippen LogP contribution >= 0.6 is 0 Å². The molecule has 140 valence electrons. The Morgan fingerprint density at radius 1 is 1.28 bits per heavy atom. The Kier molecular flexibility index (Phi) is 6.28. The van der Waals surface area contributed by atoms with Gasteiger partial charge in [0.1, 0.15) is 11.3 Å². The number of ether oxygens (including phenoxy) is 2. The van der Waals surface area contributed by atoms with Crippen LogP contribution in [0.5, 0.6) is 0 Å². The number of methoxy groups -OCH3 is 1. The lowest BCUT2D eigenvalue weighted by Crippen LogP contribution is -2.42. The molecular weight excluding hydrogens is 336 g/mol. The molecule has 1 aromatic heterocycles. The van der Waals surface area contributed by atoms with Gasteiger partial charge in [0.15, 0.2) is 0 Å². The summed E-state index contributed by atoms with van der Waals surface area (Å²) >= 11 is 0. The van der Waals surface area contributed by atoms with Crippen LogP contribution in [0, 0.1) is 0 Å². The first kappa shape index (κ1) is 20.6. The predicted molar refractivity (Wildman–Crippen MR) is 87.3 cm³/mol. The molecule has 9 heteroatoms. The van der Waals surface area contributed by atoms with Crippen LogP contribution in [-0.4, -0.2) is 47.1 Å². The fraction of sp³-hybridized carbons (Fsp3) is 0.562. The number of halogens is 2. The molecule has 0 spiro atoms. The van der Waals surface area contributed by atoms with Gasteiger partial charge in [-0.2, -0.15) is 0 Å². The number of nitrogens with zero attached hydrogens (tertiary/aromatic N) is 2. The highest BCUT2D eigenvalue weighted by molar-refractivity contribution is 5.87. The van der Waals surface area contributed by atoms with E-state index in [1.807, 2.05) is 0 Å². The van der Waals surface area contributed by atoms with Gasteiger partial charge in [0.05, 0.1) is 32.1 Å². The molecule has 0 aliphatic carbocycles. The number of nitrogens with two attached hydrogens (primary N) is 1. The number of alkyl halides is 2. The van der Waals surface area contributed by atoms with Crippen molar-refractivity contribution in [2.24, 2.45) is 0 Å². The third kappa shape index (κ3) is 6.90. The number of pyridine rings is 1. The lowest BCUT2D eigenvalue weighted by atomic mass is 10.1. The lowest BCUT2D eigenvalue weighted by Gasteiger charge is -2.29. The number of nitrogen functional groups attached to an aromatic ring is 1. The summed E-state index contributed by atoms with van der Waals surface area (Å²) in [6.07, 6.45) is 0.295. The van der Waals surface area contributed by atoms with Gasteiger partial charge in [0, 0.05) is 6.92 Å². The summed E-state index contributed by atoms with van der Waals surface area (Å²) in [5.74, 6) is -3.84. The van der Waals surface area contributed by atoms with E-state index in [0.717, 1.165) is 4.90 Å². The van der Waals surface area contributed by atoms with Crippen molar-refractivity contribution in [3.63, 3.8) is 0 Å². The van der Waals surface area contributed by atoms with Gasteiger partial charge in [0.2, 0.25) is 0 Å². The molecule has 0 radical (unpaired) electrons. The summed E-state index contributed by atoms with van der Waals surface area (Å²) in [6.45, 7) is 4.45. The summed E-state index contributed by atoms with van der Waals surface area (Å²) < 4.78 is 36.7. The molecule has 1 amide bonds. The minimum Gasteiger partial charge on any atom is -0.464 e. The smallest absolute Gasteiger partial charge is 0.410 e. The highest BCUT2D eigenvalue weighted by Gasteiger charge is 2.31. The van der Waals surface area contributed by atoms with E-state index in [2.05, 4.69) is 9.72 Å². The molecule has 0 aliphatic heterocycles. The molecule has 0 aromatic carbocycles. The molecule has 0 saturated heterocycles. The van der Waals surface area contributed by atoms with Crippen molar-refractivity contribution in [2.75, 3.05) is 19.4 Å². The maximum atomic E-state index is 13.5. The van der Waals surface area contributed by atoms with Crippen molar-refractivity contribution in [3.05, 3.63) is 23.5 Å². The third-order valence-corrected chi connectivity index (χ3v) is 2.90. The maximum absolute atomic E-state index is 13.5. The SMILES string of the molecule is COC(=O)c1cc(CN(CC(C)(F)F)C(=O)OC(C)(C)C)c(N)cn1. The number of aromatic nitrogens is 1. The Bertz CT molecular complexity index is 639. The zero-order valence-electron chi connectivity index (χ0n) is 14.9. The van der Waals surface area contributed by atoms with Gasteiger partial charge in [-0.1, -0.05) is 0 Å². The van der Waals surface area contributed by atoms with Gasteiger partial charge in [0.25, 0.3) is 5.92 Å². The molecule has 0 aliphatic rings. The van der Waals surface area contributed by atoms with Gasteiger partial charge in [-0.3, -0.25) is 4.90 Å². The Morgan fingerprint density at radius 2 is 1.88 bits per heavy atom. The molecule has 0 fully saturated rings. The topological polar surface area (TPSA) is 94.8 Å². The van der Waals surface area contributed by atoms with E-state index in [1.54, 1.807) is 20.8 Å². The molecule has 1 aromatic rings. The molecule has 0 atom stereocenters. The highest BCUT2D eigenvalue weighted by atomic mass is 19.3. The first-order valence-corrected chi connectivity index (χ1v) is 7.51. The second-order valence-electron chi connectivity index (χ2n) is 6.67. The number of esters is 1. The van der Waals surface area contributed by atoms with Crippen LogP contribution in [0.2, 0.25) is 0 Å². The summed E-state index contributed by atoms with van der Waals surface area (Å²) in [7, 11) is 1.19. The molecule has 7 nitrogen and oxygen atoms in total. The van der Waals surface area contributed by atoms with Crippen molar-refractivity contribution >= 4 is 17.7 Å². The molecule has 1 heterocycles. The van der Waals surface area contributed by atoms with E-state index in [9.17, 15) is 18.4 Å². The molecule has 0 unspecified atom stereocenters. The number of carbonyl (C=O) groups excluding carboxylic acids is 2. The van der Waals surface area contributed by atoms with E-state index < -0.39 is 30.1 Å². The molecule has 0 saturated carbocycles. The predicted octanol–water partition coefficient (Wildman–Crippen LogP) is 2.84. The van der Waals surface area contributed by atoms with Gasteiger partial charge in [-0.05, 0) is 32.4 Å². The first-order chi connectivity index (χ1) is 11.3. The number of carbonyl (C=O) groups is 2. The molecule has 0 bridgehead atoms. The van der Waals surface area contributed by atoms with Crippen LogP contribution in [-0.2, 0) is 16.0 Å². The van der Waals surface area contributed by atoms with E-state index >= 15 is 0 Å². The molecule has 1 rings (SSSR count).